The van der Waals surface area contributed by atoms with Crippen molar-refractivity contribution in [1.29, 1.82) is 0 Å². The van der Waals surface area contributed by atoms with E-state index in [-0.39, 0.29) is 31.4 Å². The van der Waals surface area contributed by atoms with Gasteiger partial charge in [0.1, 0.15) is 19.3 Å². The molecule has 4 rings (SSSR count). The Bertz CT molecular complexity index is 960. The average Bonchev–Trinajstić information content (AvgIpc) is 3.40. The molecule has 1 amide bonds. The first kappa shape index (κ1) is 26.3. The topological polar surface area (TPSA) is 108 Å². The lowest BCUT2D eigenvalue weighted by Gasteiger charge is -2.40. The maximum absolute atomic E-state index is 13.3. The maximum Gasteiger partial charge on any atom is 0.312 e. The molecule has 2 N–H and O–H groups in total. The standard InChI is InChI=1S/C27H38N4O5/c32-23-8-14-31(25(34)19-30-17-12-28-21-30)13-5-4-9-27(26(35)36-20-24(23)33)10-15-29(16-11-27)18-22-6-2-1-3-7-22/h1-3,6-7,12,17,21,23-24,32-33H,4-5,8-11,13-16,18-20H2/t23-,24+/m0/s1. The van der Waals surface area contributed by atoms with Gasteiger partial charge in [0.05, 0.1) is 17.8 Å². The van der Waals surface area contributed by atoms with Crippen LogP contribution in [0.15, 0.2) is 49.1 Å². The number of esters is 1. The molecule has 0 aliphatic carbocycles. The second kappa shape index (κ2) is 12.5. The molecular formula is C27H38N4O5. The van der Waals surface area contributed by atoms with Gasteiger partial charge in [0.25, 0.3) is 0 Å². The highest BCUT2D eigenvalue weighted by Gasteiger charge is 2.42. The van der Waals surface area contributed by atoms with E-state index in [1.807, 2.05) is 18.2 Å². The van der Waals surface area contributed by atoms with Crippen molar-refractivity contribution < 1.29 is 24.5 Å². The normalized spacial score (nSPS) is 24.4. The van der Waals surface area contributed by atoms with Crippen molar-refractivity contribution in [3.63, 3.8) is 0 Å². The zero-order valence-corrected chi connectivity index (χ0v) is 20.9. The van der Waals surface area contributed by atoms with Gasteiger partial charge in [0, 0.05) is 32.0 Å². The van der Waals surface area contributed by atoms with E-state index in [2.05, 4.69) is 22.0 Å². The summed E-state index contributed by atoms with van der Waals surface area (Å²) in [6.45, 7) is 3.26. The summed E-state index contributed by atoms with van der Waals surface area (Å²) in [7, 11) is 0. The molecule has 3 heterocycles. The second-order valence-corrected chi connectivity index (χ2v) is 10.1. The van der Waals surface area contributed by atoms with Gasteiger partial charge >= 0.3 is 5.97 Å². The molecule has 0 unspecified atom stereocenters. The summed E-state index contributed by atoms with van der Waals surface area (Å²) in [6, 6.07) is 10.3. The number of benzene rings is 1. The molecule has 9 nitrogen and oxygen atoms in total. The van der Waals surface area contributed by atoms with Crippen LogP contribution in [0.2, 0.25) is 0 Å². The number of amides is 1. The van der Waals surface area contributed by atoms with Crippen molar-refractivity contribution in [2.24, 2.45) is 5.41 Å². The van der Waals surface area contributed by atoms with Gasteiger partial charge in [-0.2, -0.15) is 0 Å². The SMILES string of the molecule is O=C(Cn1ccnc1)N1CCCCC2(CCN(Cc3ccccc3)CC2)C(=O)OC[C@@H](O)[C@@H](O)CC1. The number of aromatic nitrogens is 2. The van der Waals surface area contributed by atoms with Crippen LogP contribution in [0, 0.1) is 5.41 Å². The molecule has 2 aliphatic rings. The molecule has 2 saturated heterocycles. The number of carbonyl (C=O) groups excluding carboxylic acids is 2. The largest absolute Gasteiger partial charge is 0.462 e. The maximum atomic E-state index is 13.3. The van der Waals surface area contributed by atoms with E-state index in [1.54, 1.807) is 28.2 Å². The molecule has 9 heteroatoms. The van der Waals surface area contributed by atoms with E-state index in [1.165, 1.54) is 5.56 Å². The third-order valence-electron chi connectivity index (χ3n) is 7.58. The molecule has 0 saturated carbocycles. The number of hydrogen-bond donors (Lipinski definition) is 2. The number of piperidine rings is 1. The first-order chi connectivity index (χ1) is 17.4. The molecule has 1 aromatic carbocycles. The second-order valence-electron chi connectivity index (χ2n) is 10.1. The van der Waals surface area contributed by atoms with Crippen LogP contribution >= 0.6 is 0 Å². The fourth-order valence-corrected chi connectivity index (χ4v) is 5.21. The quantitative estimate of drug-likeness (QED) is 0.619. The number of imidazole rings is 1. The minimum Gasteiger partial charge on any atom is -0.462 e. The Hall–Kier alpha value is -2.75. The van der Waals surface area contributed by atoms with Crippen LogP contribution in [-0.2, 0) is 27.4 Å². The first-order valence-corrected chi connectivity index (χ1v) is 13.0. The molecule has 36 heavy (non-hydrogen) atoms. The molecule has 196 valence electrons. The highest BCUT2D eigenvalue weighted by atomic mass is 16.5. The van der Waals surface area contributed by atoms with E-state index < -0.39 is 17.6 Å². The van der Waals surface area contributed by atoms with E-state index in [4.69, 9.17) is 4.74 Å². The summed E-state index contributed by atoms with van der Waals surface area (Å²) in [5, 5.41) is 20.9. The van der Waals surface area contributed by atoms with Gasteiger partial charge < -0.3 is 24.4 Å². The summed E-state index contributed by atoms with van der Waals surface area (Å²) in [5.74, 6) is -0.332. The number of nitrogens with zero attached hydrogens (tertiary/aromatic N) is 4. The number of likely N-dealkylation sites (tertiary alicyclic amines) is 1. The molecule has 2 atom stereocenters. The van der Waals surface area contributed by atoms with Gasteiger partial charge in [-0.3, -0.25) is 14.5 Å². The summed E-state index contributed by atoms with van der Waals surface area (Å²) in [6.07, 6.45) is 6.57. The van der Waals surface area contributed by atoms with Gasteiger partial charge in [-0.1, -0.05) is 36.8 Å². The van der Waals surface area contributed by atoms with Crippen LogP contribution in [-0.4, -0.2) is 86.4 Å². The van der Waals surface area contributed by atoms with Crippen molar-refractivity contribution in [2.45, 2.75) is 63.8 Å². The van der Waals surface area contributed by atoms with Crippen molar-refractivity contribution >= 4 is 11.9 Å². The smallest absolute Gasteiger partial charge is 0.312 e. The number of ether oxygens (including phenoxy) is 1. The minimum atomic E-state index is -1.18. The lowest BCUT2D eigenvalue weighted by atomic mass is 9.74. The molecule has 2 aliphatic heterocycles. The average molecular weight is 499 g/mol. The summed E-state index contributed by atoms with van der Waals surface area (Å²) in [5.41, 5.74) is 0.654. The summed E-state index contributed by atoms with van der Waals surface area (Å²) >= 11 is 0. The number of carbonyl (C=O) groups is 2. The van der Waals surface area contributed by atoms with E-state index in [0.717, 1.165) is 32.5 Å². The Morgan fingerprint density at radius 1 is 1.03 bits per heavy atom. The number of cyclic esters (lactones) is 1. The van der Waals surface area contributed by atoms with Crippen LogP contribution in [0.4, 0.5) is 0 Å². The first-order valence-electron chi connectivity index (χ1n) is 13.0. The van der Waals surface area contributed by atoms with Crippen molar-refractivity contribution in [3.8, 4) is 0 Å². The van der Waals surface area contributed by atoms with Crippen LogP contribution < -0.4 is 0 Å². The zero-order chi connectivity index (χ0) is 25.4. The third kappa shape index (κ3) is 6.93. The Labute approximate surface area is 212 Å². The zero-order valence-electron chi connectivity index (χ0n) is 20.9. The Kier molecular flexibility index (Phi) is 9.12. The summed E-state index contributed by atoms with van der Waals surface area (Å²) in [4.78, 5) is 34.3. The van der Waals surface area contributed by atoms with Crippen molar-refractivity contribution in [1.82, 2.24) is 19.4 Å². The van der Waals surface area contributed by atoms with Gasteiger partial charge in [0.15, 0.2) is 0 Å². The third-order valence-corrected chi connectivity index (χ3v) is 7.58. The predicted molar refractivity (Wildman–Crippen MR) is 134 cm³/mol. The molecule has 2 fully saturated rings. The van der Waals surface area contributed by atoms with E-state index in [9.17, 15) is 19.8 Å². The fourth-order valence-electron chi connectivity index (χ4n) is 5.21. The van der Waals surface area contributed by atoms with E-state index >= 15 is 0 Å². The lowest BCUT2D eigenvalue weighted by Crippen LogP contribution is -2.45. The number of rotatable bonds is 4. The van der Waals surface area contributed by atoms with Crippen molar-refractivity contribution in [3.05, 3.63) is 54.6 Å². The van der Waals surface area contributed by atoms with Gasteiger partial charge in [-0.05, 0) is 50.8 Å². The molecular weight excluding hydrogens is 460 g/mol. The molecule has 2 aromatic rings. The van der Waals surface area contributed by atoms with Crippen LogP contribution in [0.5, 0.6) is 0 Å². The molecule has 1 aromatic heterocycles. The molecule has 1 spiro atoms. The van der Waals surface area contributed by atoms with Crippen molar-refractivity contribution in [2.75, 3.05) is 32.8 Å². The monoisotopic (exact) mass is 498 g/mol. The highest BCUT2D eigenvalue weighted by molar-refractivity contribution is 5.77. The Morgan fingerprint density at radius 2 is 1.81 bits per heavy atom. The Morgan fingerprint density at radius 3 is 2.53 bits per heavy atom. The van der Waals surface area contributed by atoms with Gasteiger partial charge in [-0.25, -0.2) is 4.98 Å². The fraction of sp³-hybridized carbons (Fsp3) is 0.593. The van der Waals surface area contributed by atoms with E-state index in [0.29, 0.717) is 32.4 Å². The molecule has 0 radical (unpaired) electrons. The number of aliphatic hydroxyl groups is 2. The highest BCUT2D eigenvalue weighted by Crippen LogP contribution is 2.38. The molecule has 0 bridgehead atoms. The van der Waals surface area contributed by atoms with Gasteiger partial charge in [-0.15, -0.1) is 0 Å². The van der Waals surface area contributed by atoms with Crippen LogP contribution in [0.3, 0.4) is 0 Å². The summed E-state index contributed by atoms with van der Waals surface area (Å²) < 4.78 is 7.29. The number of aliphatic hydroxyl groups excluding tert-OH is 2. The van der Waals surface area contributed by atoms with Crippen LogP contribution in [0.25, 0.3) is 0 Å². The van der Waals surface area contributed by atoms with Crippen LogP contribution in [0.1, 0.15) is 44.1 Å². The van der Waals surface area contributed by atoms with Gasteiger partial charge in [0.2, 0.25) is 5.91 Å². The lowest BCUT2D eigenvalue weighted by molar-refractivity contribution is -0.165. The minimum absolute atomic E-state index is 0.0548. The Balaban J connectivity index is 1.40. The predicted octanol–water partition coefficient (Wildman–Crippen LogP) is 1.83. The number of hydrogen-bond acceptors (Lipinski definition) is 7.